The average molecular weight is 373 g/mol. The van der Waals surface area contributed by atoms with Gasteiger partial charge < -0.3 is 10.2 Å². The van der Waals surface area contributed by atoms with Gasteiger partial charge in [-0.05, 0) is 0 Å². The molecule has 10 heteroatoms. The second kappa shape index (κ2) is 5.62. The zero-order chi connectivity index (χ0) is 16.1. The Morgan fingerprint density at radius 1 is 0.952 bits per heavy atom. The van der Waals surface area contributed by atoms with Crippen LogP contribution in [0.5, 0.6) is 0 Å². The van der Waals surface area contributed by atoms with E-state index in [1.54, 1.807) is 0 Å². The molecule has 0 radical (unpaired) electrons. The molecule has 2 N–H and O–H groups in total. The van der Waals surface area contributed by atoms with Gasteiger partial charge in [0.05, 0.1) is 37.8 Å². The minimum atomic E-state index is -1.76. The smallest absolute Gasteiger partial charge is 0.329 e. The van der Waals surface area contributed by atoms with Gasteiger partial charge in [0.15, 0.2) is 6.04 Å². The molecule has 0 aliphatic carbocycles. The summed E-state index contributed by atoms with van der Waals surface area (Å²) < 4.78 is 0. The summed E-state index contributed by atoms with van der Waals surface area (Å²) in [5, 5.41) is 17.0. The van der Waals surface area contributed by atoms with E-state index in [0.717, 1.165) is 0 Å². The molecule has 0 bridgehead atoms. The fraction of sp³-hybridized carbons (Fsp3) is 0.182. The van der Waals surface area contributed by atoms with Crippen LogP contribution in [0.2, 0.25) is 20.1 Å². The number of aliphatic carboxylic acids is 1. The normalized spacial score (nSPS) is 15.4. The molecule has 2 rings (SSSR count). The van der Waals surface area contributed by atoms with E-state index in [4.69, 9.17) is 56.6 Å². The lowest BCUT2D eigenvalue weighted by atomic mass is 10.1. The van der Waals surface area contributed by atoms with Gasteiger partial charge >= 0.3 is 5.97 Å². The van der Waals surface area contributed by atoms with Crippen LogP contribution >= 0.6 is 46.4 Å². The van der Waals surface area contributed by atoms with E-state index in [1.807, 2.05) is 0 Å². The lowest BCUT2D eigenvalue weighted by Crippen LogP contribution is -2.47. The number of carbonyl (C=O) groups is 3. The fourth-order valence-corrected chi connectivity index (χ4v) is 2.93. The Hall–Kier alpha value is -1.05. The van der Waals surface area contributed by atoms with Gasteiger partial charge in [0.25, 0.3) is 11.8 Å². The molecule has 0 spiro atoms. The number of rotatable bonds is 3. The fourth-order valence-electron chi connectivity index (χ4n) is 1.92. The first-order valence-corrected chi connectivity index (χ1v) is 6.82. The molecule has 6 nitrogen and oxygen atoms in total. The van der Waals surface area contributed by atoms with Gasteiger partial charge in [-0.3, -0.25) is 14.5 Å². The Labute approximate surface area is 137 Å². The molecular formula is C11H5Cl4NO5. The van der Waals surface area contributed by atoms with Gasteiger partial charge in [0, 0.05) is 0 Å². The molecule has 1 aliphatic rings. The molecule has 1 aliphatic heterocycles. The zero-order valence-electron chi connectivity index (χ0n) is 9.86. The number of imide groups is 1. The summed E-state index contributed by atoms with van der Waals surface area (Å²) >= 11 is 23.4. The van der Waals surface area contributed by atoms with Crippen LogP contribution in [0.3, 0.4) is 0 Å². The Morgan fingerprint density at radius 3 is 1.62 bits per heavy atom. The molecule has 1 aromatic rings. The van der Waals surface area contributed by atoms with E-state index in [1.165, 1.54) is 0 Å². The van der Waals surface area contributed by atoms with Crippen molar-refractivity contribution >= 4 is 64.2 Å². The van der Waals surface area contributed by atoms with Gasteiger partial charge in [0.2, 0.25) is 0 Å². The SMILES string of the molecule is O=C(O)[C@@H](CO)N1C(=O)c2c(Cl)c(Cl)c(Cl)c(Cl)c2C1=O. The molecule has 2 amide bonds. The Kier molecular flexibility index (Phi) is 4.37. The lowest BCUT2D eigenvalue weighted by Gasteiger charge is -2.20. The predicted octanol–water partition coefficient (Wildman–Crippen LogP) is 2.34. The third kappa shape index (κ3) is 2.27. The van der Waals surface area contributed by atoms with Gasteiger partial charge in [-0.1, -0.05) is 46.4 Å². The highest BCUT2D eigenvalue weighted by Gasteiger charge is 2.46. The van der Waals surface area contributed by atoms with Crippen LogP contribution in [-0.2, 0) is 4.79 Å². The summed E-state index contributed by atoms with van der Waals surface area (Å²) in [6, 6.07) is -1.76. The molecule has 0 saturated carbocycles. The molecule has 1 atom stereocenters. The van der Waals surface area contributed by atoms with Crippen molar-refractivity contribution < 1.29 is 24.6 Å². The molecule has 21 heavy (non-hydrogen) atoms. The maximum absolute atomic E-state index is 12.2. The van der Waals surface area contributed by atoms with Crippen LogP contribution in [0.1, 0.15) is 20.7 Å². The number of carboxylic acids is 1. The quantitative estimate of drug-likeness (QED) is 0.482. The zero-order valence-corrected chi connectivity index (χ0v) is 12.9. The number of aliphatic hydroxyl groups is 1. The van der Waals surface area contributed by atoms with Crippen LogP contribution in [0.4, 0.5) is 0 Å². The average Bonchev–Trinajstić information content (AvgIpc) is 2.68. The Bertz CT molecular complexity index is 643. The molecule has 112 valence electrons. The van der Waals surface area contributed by atoms with E-state index in [2.05, 4.69) is 0 Å². The highest BCUT2D eigenvalue weighted by molar-refractivity contribution is 6.55. The molecule has 1 heterocycles. The van der Waals surface area contributed by atoms with Gasteiger partial charge in [-0.15, -0.1) is 0 Å². The molecule has 0 aromatic heterocycles. The number of halogens is 4. The largest absolute Gasteiger partial charge is 0.480 e. The second-order valence-corrected chi connectivity index (χ2v) is 5.53. The third-order valence-corrected chi connectivity index (χ3v) is 4.70. The first-order chi connectivity index (χ1) is 9.73. The van der Waals surface area contributed by atoms with Crippen molar-refractivity contribution in [2.45, 2.75) is 6.04 Å². The topological polar surface area (TPSA) is 94.9 Å². The van der Waals surface area contributed by atoms with Crippen molar-refractivity contribution in [3.05, 3.63) is 31.2 Å². The van der Waals surface area contributed by atoms with E-state index in [-0.39, 0.29) is 31.2 Å². The van der Waals surface area contributed by atoms with Crippen molar-refractivity contribution in [2.75, 3.05) is 6.61 Å². The maximum atomic E-state index is 12.2. The summed E-state index contributed by atoms with van der Waals surface area (Å²) in [6.45, 7) is -0.961. The van der Waals surface area contributed by atoms with Crippen molar-refractivity contribution in [2.24, 2.45) is 0 Å². The number of amides is 2. The lowest BCUT2D eigenvalue weighted by molar-refractivity contribution is -0.142. The molecule has 0 saturated heterocycles. The summed E-state index contributed by atoms with van der Waals surface area (Å²) in [6.07, 6.45) is 0. The van der Waals surface area contributed by atoms with Gasteiger partial charge in [-0.25, -0.2) is 4.79 Å². The maximum Gasteiger partial charge on any atom is 0.329 e. The standard InChI is InChI=1S/C11H5Cl4NO5/c12-5-3-4(6(13)8(15)7(5)14)10(19)16(9(3)18)2(1-17)11(20)21/h2,17H,1H2,(H,20,21)/t2-/m1/s1. The molecular weight excluding hydrogens is 368 g/mol. The van der Waals surface area contributed by atoms with E-state index in [0.29, 0.717) is 4.90 Å². The van der Waals surface area contributed by atoms with Crippen LogP contribution in [0, 0.1) is 0 Å². The van der Waals surface area contributed by atoms with Crippen LogP contribution < -0.4 is 0 Å². The Balaban J connectivity index is 2.71. The van der Waals surface area contributed by atoms with Crippen molar-refractivity contribution in [1.29, 1.82) is 0 Å². The highest BCUT2D eigenvalue weighted by Crippen LogP contribution is 2.45. The summed E-state index contributed by atoms with van der Waals surface area (Å²) in [5.41, 5.74) is -0.665. The van der Waals surface area contributed by atoms with E-state index in [9.17, 15) is 14.4 Å². The number of carbonyl (C=O) groups excluding carboxylic acids is 2. The minimum absolute atomic E-state index is 0.221. The first kappa shape index (κ1) is 16.3. The predicted molar refractivity (Wildman–Crippen MR) is 75.5 cm³/mol. The van der Waals surface area contributed by atoms with Crippen molar-refractivity contribution in [3.8, 4) is 0 Å². The monoisotopic (exact) mass is 371 g/mol. The molecule has 0 unspecified atom stereocenters. The van der Waals surface area contributed by atoms with E-state index >= 15 is 0 Å². The van der Waals surface area contributed by atoms with Gasteiger partial charge in [-0.2, -0.15) is 0 Å². The molecule has 0 fully saturated rings. The second-order valence-electron chi connectivity index (χ2n) is 4.02. The summed E-state index contributed by atoms with van der Waals surface area (Å²) in [7, 11) is 0. The number of fused-ring (bicyclic) bond motifs is 1. The molecule has 1 aromatic carbocycles. The Morgan fingerprint density at radius 2 is 1.33 bits per heavy atom. The first-order valence-electron chi connectivity index (χ1n) is 5.31. The minimum Gasteiger partial charge on any atom is -0.480 e. The van der Waals surface area contributed by atoms with Gasteiger partial charge in [0.1, 0.15) is 0 Å². The third-order valence-electron chi connectivity index (χ3n) is 2.90. The van der Waals surface area contributed by atoms with Crippen molar-refractivity contribution in [1.82, 2.24) is 4.90 Å². The number of aliphatic hydroxyl groups excluding tert-OH is 1. The number of benzene rings is 1. The van der Waals surface area contributed by atoms with Crippen molar-refractivity contribution in [3.63, 3.8) is 0 Å². The number of hydrogen-bond acceptors (Lipinski definition) is 4. The van der Waals surface area contributed by atoms with Crippen LogP contribution in [0.15, 0.2) is 0 Å². The number of nitrogens with zero attached hydrogens (tertiary/aromatic N) is 1. The van der Waals surface area contributed by atoms with E-state index < -0.39 is 30.4 Å². The highest BCUT2D eigenvalue weighted by atomic mass is 35.5. The summed E-state index contributed by atoms with van der Waals surface area (Å²) in [4.78, 5) is 35.9. The number of carboxylic acid groups (broad SMARTS) is 1. The number of hydrogen-bond donors (Lipinski definition) is 2. The van der Waals surface area contributed by atoms with Crippen LogP contribution in [0.25, 0.3) is 0 Å². The summed E-state index contributed by atoms with van der Waals surface area (Å²) in [5.74, 6) is -3.58. The van der Waals surface area contributed by atoms with Crippen LogP contribution in [-0.4, -0.2) is 45.5 Å².